The lowest BCUT2D eigenvalue weighted by Crippen LogP contribution is -2.37. The van der Waals surface area contributed by atoms with Gasteiger partial charge in [0.25, 0.3) is 0 Å². The number of fused-ring (bicyclic) bond motifs is 3. The Morgan fingerprint density at radius 3 is 3.00 bits per heavy atom. The summed E-state index contributed by atoms with van der Waals surface area (Å²) >= 11 is 1.79. The van der Waals surface area contributed by atoms with Crippen LogP contribution in [-0.2, 0) is 13.0 Å². The molecule has 1 saturated carbocycles. The van der Waals surface area contributed by atoms with Crippen LogP contribution < -0.4 is 5.73 Å². The van der Waals surface area contributed by atoms with Gasteiger partial charge in [0.1, 0.15) is 22.8 Å². The van der Waals surface area contributed by atoms with E-state index in [1.54, 1.807) is 29.9 Å². The molecule has 0 aliphatic heterocycles. The third kappa shape index (κ3) is 3.40. The van der Waals surface area contributed by atoms with Gasteiger partial charge in [0.15, 0.2) is 0 Å². The van der Waals surface area contributed by atoms with Gasteiger partial charge in [-0.1, -0.05) is 6.42 Å². The topological polar surface area (TPSA) is 67.9 Å². The number of halogens is 1. The Labute approximate surface area is 174 Å². The largest absolute Gasteiger partial charge is 0.383 e. The monoisotopic (exact) mass is 411 g/mol. The molecule has 2 N–H and O–H groups in total. The van der Waals surface area contributed by atoms with Crippen LogP contribution in [0.4, 0.5) is 10.2 Å². The van der Waals surface area contributed by atoms with E-state index in [1.807, 2.05) is 0 Å². The second-order valence-electron chi connectivity index (χ2n) is 8.45. The van der Waals surface area contributed by atoms with Crippen molar-refractivity contribution < 1.29 is 4.39 Å². The van der Waals surface area contributed by atoms with Gasteiger partial charge in [-0.15, -0.1) is 11.3 Å². The van der Waals surface area contributed by atoms with Crippen LogP contribution in [0.25, 0.3) is 10.2 Å². The van der Waals surface area contributed by atoms with Gasteiger partial charge >= 0.3 is 0 Å². The van der Waals surface area contributed by atoms with Gasteiger partial charge in [-0.2, -0.15) is 0 Å². The molecule has 2 aliphatic carbocycles. The van der Waals surface area contributed by atoms with E-state index in [9.17, 15) is 4.39 Å². The molecule has 0 amide bonds. The van der Waals surface area contributed by atoms with Gasteiger partial charge < -0.3 is 5.73 Å². The molecule has 3 atom stereocenters. The van der Waals surface area contributed by atoms with Crippen molar-refractivity contribution in [3.63, 3.8) is 0 Å². The van der Waals surface area contributed by atoms with Gasteiger partial charge in [0.2, 0.25) is 0 Å². The van der Waals surface area contributed by atoms with Crippen LogP contribution in [0.5, 0.6) is 0 Å². The third-order valence-corrected chi connectivity index (χ3v) is 7.97. The summed E-state index contributed by atoms with van der Waals surface area (Å²) in [6.07, 6.45) is 10.3. The van der Waals surface area contributed by atoms with Gasteiger partial charge in [-0.3, -0.25) is 9.88 Å². The van der Waals surface area contributed by atoms with Crippen molar-refractivity contribution in [3.8, 4) is 0 Å². The van der Waals surface area contributed by atoms with Crippen molar-refractivity contribution in [2.75, 3.05) is 12.8 Å². The molecule has 0 bridgehead atoms. The van der Waals surface area contributed by atoms with Gasteiger partial charge in [-0.05, 0) is 68.7 Å². The molecule has 0 aromatic carbocycles. The highest BCUT2D eigenvalue weighted by atomic mass is 32.1. The van der Waals surface area contributed by atoms with Crippen molar-refractivity contribution in [1.82, 2.24) is 19.9 Å². The quantitative estimate of drug-likeness (QED) is 0.683. The van der Waals surface area contributed by atoms with E-state index in [-0.39, 0.29) is 5.82 Å². The molecule has 2 unspecified atom stereocenters. The third-order valence-electron chi connectivity index (χ3n) is 6.80. The number of anilines is 1. The lowest BCUT2D eigenvalue weighted by molar-refractivity contribution is 0.137. The van der Waals surface area contributed by atoms with Gasteiger partial charge in [0.05, 0.1) is 11.1 Å². The normalized spacial score (nSPS) is 24.3. The molecule has 5 nitrogen and oxygen atoms in total. The Bertz CT molecular complexity index is 1040. The lowest BCUT2D eigenvalue weighted by atomic mass is 9.75. The lowest BCUT2D eigenvalue weighted by Gasteiger charge is -2.38. The fraction of sp³-hybridized carbons (Fsp3) is 0.500. The van der Waals surface area contributed by atoms with E-state index in [2.05, 4.69) is 26.9 Å². The van der Waals surface area contributed by atoms with Gasteiger partial charge in [-0.25, -0.2) is 14.4 Å². The first-order valence-electron chi connectivity index (χ1n) is 10.4. The molecule has 0 radical (unpaired) electrons. The summed E-state index contributed by atoms with van der Waals surface area (Å²) < 4.78 is 14.0. The van der Waals surface area contributed by atoms with Crippen LogP contribution >= 0.6 is 11.3 Å². The highest BCUT2D eigenvalue weighted by molar-refractivity contribution is 7.19. The summed E-state index contributed by atoms with van der Waals surface area (Å²) in [4.78, 5) is 17.7. The molecule has 5 rings (SSSR count). The average Bonchev–Trinajstić information content (AvgIpc) is 3.29. The van der Waals surface area contributed by atoms with Crippen LogP contribution in [-0.4, -0.2) is 32.9 Å². The van der Waals surface area contributed by atoms with Crippen LogP contribution in [0.2, 0.25) is 0 Å². The van der Waals surface area contributed by atoms with E-state index in [1.165, 1.54) is 35.8 Å². The van der Waals surface area contributed by atoms with Crippen LogP contribution in [0.3, 0.4) is 0 Å². The SMILES string of the molecule is CN(Cc1ncccc1F)[C@H]1CCCC(C2CCc3sc4ncnc(N)c4c32)C1. The summed E-state index contributed by atoms with van der Waals surface area (Å²) in [7, 11) is 2.10. The van der Waals surface area contributed by atoms with Crippen molar-refractivity contribution in [2.45, 2.75) is 57.0 Å². The minimum absolute atomic E-state index is 0.215. The summed E-state index contributed by atoms with van der Waals surface area (Å²) in [5, 5.41) is 1.10. The molecule has 3 aromatic heterocycles. The maximum Gasteiger partial charge on any atom is 0.146 e. The maximum absolute atomic E-state index is 14.0. The van der Waals surface area contributed by atoms with E-state index in [0.717, 1.165) is 29.5 Å². The summed E-state index contributed by atoms with van der Waals surface area (Å²) in [5.41, 5.74) is 8.21. The molecule has 0 spiro atoms. The molecule has 3 aromatic rings. The Hall–Kier alpha value is -2.12. The number of aromatic nitrogens is 3. The van der Waals surface area contributed by atoms with Crippen molar-refractivity contribution in [3.05, 3.63) is 46.6 Å². The minimum Gasteiger partial charge on any atom is -0.383 e. The fourth-order valence-corrected chi connectivity index (χ4v) is 6.60. The van der Waals surface area contributed by atoms with E-state index in [4.69, 9.17) is 5.73 Å². The molecule has 2 aliphatic rings. The van der Waals surface area contributed by atoms with Crippen molar-refractivity contribution >= 4 is 27.4 Å². The number of thiophene rings is 1. The number of hydrogen-bond acceptors (Lipinski definition) is 6. The average molecular weight is 412 g/mol. The first kappa shape index (κ1) is 18.9. The zero-order chi connectivity index (χ0) is 20.0. The van der Waals surface area contributed by atoms with Gasteiger partial charge in [0, 0.05) is 23.7 Å². The first-order chi connectivity index (χ1) is 14.1. The summed E-state index contributed by atoms with van der Waals surface area (Å²) in [6, 6.07) is 3.60. The van der Waals surface area contributed by atoms with Crippen LogP contribution in [0, 0.1) is 11.7 Å². The molecule has 7 heteroatoms. The number of nitrogens with two attached hydrogens (primary N) is 1. The zero-order valence-electron chi connectivity index (χ0n) is 16.6. The standard InChI is InChI=1S/C22H26FN5S/c1-28(11-17-16(23)6-3-9-25-17)14-5-2-4-13(10-14)15-7-8-18-19(15)20-21(24)26-12-27-22(20)29-18/h3,6,9,12-15H,2,4-5,7-8,10-11H2,1H3,(H2,24,26,27)/t13?,14-,15?/m0/s1. The smallest absolute Gasteiger partial charge is 0.146 e. The maximum atomic E-state index is 14.0. The van der Waals surface area contributed by atoms with Crippen molar-refractivity contribution in [2.24, 2.45) is 5.92 Å². The van der Waals surface area contributed by atoms with E-state index in [0.29, 0.717) is 35.9 Å². The summed E-state index contributed by atoms with van der Waals surface area (Å²) in [6.45, 7) is 0.558. The number of nitrogens with zero attached hydrogens (tertiary/aromatic N) is 4. The fourth-order valence-electron chi connectivity index (χ4n) is 5.37. The molecular weight excluding hydrogens is 385 g/mol. The predicted octanol–water partition coefficient (Wildman–Crippen LogP) is 4.53. The molecule has 0 saturated heterocycles. The number of nitrogen functional groups attached to an aromatic ring is 1. The van der Waals surface area contributed by atoms with E-state index >= 15 is 0 Å². The Kier molecular flexibility index (Phi) is 4.95. The van der Waals surface area contributed by atoms with Crippen LogP contribution in [0.15, 0.2) is 24.7 Å². The second kappa shape index (κ2) is 7.61. The Balaban J connectivity index is 1.36. The Morgan fingerprint density at radius 1 is 1.24 bits per heavy atom. The Morgan fingerprint density at radius 2 is 2.14 bits per heavy atom. The summed E-state index contributed by atoms with van der Waals surface area (Å²) in [5.74, 6) is 1.57. The highest BCUT2D eigenvalue weighted by Crippen LogP contribution is 2.50. The minimum atomic E-state index is -0.215. The predicted molar refractivity (Wildman–Crippen MR) is 114 cm³/mol. The highest BCUT2D eigenvalue weighted by Gasteiger charge is 2.37. The molecule has 1 fully saturated rings. The zero-order valence-corrected chi connectivity index (χ0v) is 17.5. The van der Waals surface area contributed by atoms with Crippen molar-refractivity contribution in [1.29, 1.82) is 0 Å². The number of pyridine rings is 1. The van der Waals surface area contributed by atoms with E-state index < -0.39 is 0 Å². The second-order valence-corrected chi connectivity index (χ2v) is 9.53. The first-order valence-corrected chi connectivity index (χ1v) is 11.2. The molecular formula is C22H26FN5S. The molecule has 29 heavy (non-hydrogen) atoms. The van der Waals surface area contributed by atoms with Crippen LogP contribution in [0.1, 0.15) is 54.2 Å². The molecule has 3 heterocycles. The molecule has 152 valence electrons. The number of hydrogen-bond donors (Lipinski definition) is 1. The number of aryl methyl sites for hydroxylation is 1. The number of rotatable bonds is 4.